The number of hydrogen-bond donors (Lipinski definition) is 1. The van der Waals surface area contributed by atoms with E-state index in [-0.39, 0.29) is 11.2 Å². The van der Waals surface area contributed by atoms with Crippen LogP contribution in [0.2, 0.25) is 0 Å². The topological polar surface area (TPSA) is 37.3 Å². The van der Waals surface area contributed by atoms with Crippen molar-refractivity contribution in [2.24, 2.45) is 0 Å². The quantitative estimate of drug-likeness (QED) is 0.790. The summed E-state index contributed by atoms with van der Waals surface area (Å²) < 4.78 is 13.2. The van der Waals surface area contributed by atoms with Crippen LogP contribution in [0.4, 0.5) is 4.39 Å². The molecule has 2 aliphatic carbocycles. The number of hydrogen-bond acceptors (Lipinski definition) is 1. The van der Waals surface area contributed by atoms with Crippen molar-refractivity contribution < 1.29 is 14.3 Å². The molecular weight excluding hydrogens is 207 g/mol. The lowest BCUT2D eigenvalue weighted by molar-refractivity contribution is -0.139. The highest BCUT2D eigenvalue weighted by Crippen LogP contribution is 2.57. The summed E-state index contributed by atoms with van der Waals surface area (Å²) in [5, 5.41) is 9.15. The molecule has 1 aromatic rings. The van der Waals surface area contributed by atoms with Crippen molar-refractivity contribution in [3.05, 3.63) is 35.1 Å². The van der Waals surface area contributed by atoms with E-state index in [0.717, 1.165) is 30.4 Å². The van der Waals surface area contributed by atoms with E-state index in [0.29, 0.717) is 6.42 Å². The van der Waals surface area contributed by atoms with Crippen molar-refractivity contribution in [1.29, 1.82) is 0 Å². The molecule has 0 bridgehead atoms. The molecule has 1 aromatic carbocycles. The molecule has 0 amide bonds. The van der Waals surface area contributed by atoms with Crippen LogP contribution in [0.25, 0.3) is 0 Å². The first-order chi connectivity index (χ1) is 7.62. The van der Waals surface area contributed by atoms with Crippen LogP contribution >= 0.6 is 0 Å². The lowest BCUT2D eigenvalue weighted by Crippen LogP contribution is -2.24. The van der Waals surface area contributed by atoms with Gasteiger partial charge in [-0.2, -0.15) is 0 Å². The zero-order valence-electron chi connectivity index (χ0n) is 8.87. The molecule has 1 N–H and O–H groups in total. The van der Waals surface area contributed by atoms with Gasteiger partial charge in [-0.05, 0) is 54.4 Å². The van der Waals surface area contributed by atoms with Gasteiger partial charge in [0.15, 0.2) is 0 Å². The molecule has 0 heterocycles. The molecule has 2 aliphatic rings. The highest BCUT2D eigenvalue weighted by molar-refractivity contribution is 5.77. The van der Waals surface area contributed by atoms with Gasteiger partial charge in [-0.1, -0.05) is 6.07 Å². The average molecular weight is 220 g/mol. The number of carboxylic acids is 1. The van der Waals surface area contributed by atoms with E-state index >= 15 is 0 Å². The number of carboxylic acid groups (broad SMARTS) is 1. The summed E-state index contributed by atoms with van der Waals surface area (Å²) in [5.41, 5.74) is 1.90. The minimum absolute atomic E-state index is 0.114. The monoisotopic (exact) mass is 220 g/mol. The Bertz CT molecular complexity index is 463. The Hall–Kier alpha value is -1.38. The number of halogens is 1. The van der Waals surface area contributed by atoms with Gasteiger partial charge in [0, 0.05) is 0 Å². The summed E-state index contributed by atoms with van der Waals surface area (Å²) >= 11 is 0. The van der Waals surface area contributed by atoms with E-state index in [1.54, 1.807) is 6.07 Å². The maximum absolute atomic E-state index is 13.2. The van der Waals surface area contributed by atoms with Crippen LogP contribution in [0.3, 0.4) is 0 Å². The third-order valence-corrected chi connectivity index (χ3v) is 4.03. The molecule has 3 heteroatoms. The molecule has 1 fully saturated rings. The highest BCUT2D eigenvalue weighted by atomic mass is 19.1. The van der Waals surface area contributed by atoms with Crippen LogP contribution in [0, 0.1) is 5.82 Å². The predicted octanol–water partition coefficient (Wildman–Crippen LogP) is 2.82. The molecule has 0 radical (unpaired) electrons. The summed E-state index contributed by atoms with van der Waals surface area (Å²) in [6.07, 6.45) is 3.74. The first kappa shape index (κ1) is 9.82. The Morgan fingerprint density at radius 3 is 2.75 bits per heavy atom. The van der Waals surface area contributed by atoms with Gasteiger partial charge < -0.3 is 5.11 Å². The molecule has 0 saturated heterocycles. The normalized spacial score (nSPS) is 25.2. The number of benzene rings is 1. The van der Waals surface area contributed by atoms with Crippen LogP contribution in [0.5, 0.6) is 0 Å². The summed E-state index contributed by atoms with van der Waals surface area (Å²) in [7, 11) is 0. The van der Waals surface area contributed by atoms with Crippen LogP contribution in [-0.4, -0.2) is 11.1 Å². The van der Waals surface area contributed by atoms with E-state index in [1.165, 1.54) is 12.1 Å². The average Bonchev–Trinajstić information content (AvgIpc) is 3.00. The van der Waals surface area contributed by atoms with Gasteiger partial charge in [-0.3, -0.25) is 4.79 Å². The summed E-state index contributed by atoms with van der Waals surface area (Å²) in [6.45, 7) is 0. The van der Waals surface area contributed by atoms with Gasteiger partial charge in [0.2, 0.25) is 0 Å². The Kier molecular flexibility index (Phi) is 1.88. The van der Waals surface area contributed by atoms with Crippen molar-refractivity contribution in [3.63, 3.8) is 0 Å². The Labute approximate surface area is 93.1 Å². The largest absolute Gasteiger partial charge is 0.481 e. The van der Waals surface area contributed by atoms with Crippen LogP contribution < -0.4 is 0 Å². The van der Waals surface area contributed by atoms with E-state index < -0.39 is 11.9 Å². The minimum Gasteiger partial charge on any atom is -0.481 e. The summed E-state index contributed by atoms with van der Waals surface area (Å²) in [4.78, 5) is 11.1. The Morgan fingerprint density at radius 1 is 1.38 bits per heavy atom. The van der Waals surface area contributed by atoms with E-state index in [2.05, 4.69) is 0 Å². The molecule has 1 atom stereocenters. The fraction of sp³-hybridized carbons (Fsp3) is 0.462. The smallest absolute Gasteiger partial charge is 0.310 e. The SMILES string of the molecule is O=C(O)C1CCC2(CC2)c2cc(F)ccc21. The zero-order valence-corrected chi connectivity index (χ0v) is 8.87. The number of aliphatic carboxylic acids is 1. The number of rotatable bonds is 1. The summed E-state index contributed by atoms with van der Waals surface area (Å²) in [5.74, 6) is -1.48. The van der Waals surface area contributed by atoms with Gasteiger partial charge >= 0.3 is 5.97 Å². The third kappa shape index (κ3) is 1.27. The maximum Gasteiger partial charge on any atom is 0.310 e. The first-order valence-corrected chi connectivity index (χ1v) is 5.65. The molecular formula is C13H13FO2. The zero-order chi connectivity index (χ0) is 11.3. The minimum atomic E-state index is -0.789. The van der Waals surface area contributed by atoms with Crippen LogP contribution in [-0.2, 0) is 10.2 Å². The van der Waals surface area contributed by atoms with Gasteiger partial charge in [0.25, 0.3) is 0 Å². The summed E-state index contributed by atoms with van der Waals surface area (Å²) in [6, 6.07) is 4.57. The Morgan fingerprint density at radius 2 is 2.12 bits per heavy atom. The van der Waals surface area contributed by atoms with Crippen molar-refractivity contribution in [2.45, 2.75) is 37.0 Å². The van der Waals surface area contributed by atoms with E-state index in [4.69, 9.17) is 5.11 Å². The van der Waals surface area contributed by atoms with Gasteiger partial charge in [-0.15, -0.1) is 0 Å². The first-order valence-electron chi connectivity index (χ1n) is 5.65. The third-order valence-electron chi connectivity index (χ3n) is 4.03. The Balaban J connectivity index is 2.14. The standard InChI is InChI=1S/C13H13FO2/c14-8-1-2-9-10(12(15)16)3-4-13(5-6-13)11(9)7-8/h1-2,7,10H,3-6H2,(H,15,16). The van der Waals surface area contributed by atoms with Crippen molar-refractivity contribution in [2.75, 3.05) is 0 Å². The fourth-order valence-corrected chi connectivity index (χ4v) is 2.93. The van der Waals surface area contributed by atoms with E-state index in [1.807, 2.05) is 0 Å². The fourth-order valence-electron chi connectivity index (χ4n) is 2.93. The van der Waals surface area contributed by atoms with Gasteiger partial charge in [0.05, 0.1) is 5.92 Å². The van der Waals surface area contributed by atoms with Crippen molar-refractivity contribution in [1.82, 2.24) is 0 Å². The maximum atomic E-state index is 13.2. The van der Waals surface area contributed by atoms with Crippen molar-refractivity contribution in [3.8, 4) is 0 Å². The second-order valence-corrected chi connectivity index (χ2v) is 4.94. The van der Waals surface area contributed by atoms with Crippen LogP contribution in [0.15, 0.2) is 18.2 Å². The number of carbonyl (C=O) groups is 1. The van der Waals surface area contributed by atoms with Crippen molar-refractivity contribution >= 4 is 5.97 Å². The molecule has 1 saturated carbocycles. The lowest BCUT2D eigenvalue weighted by Gasteiger charge is -2.29. The molecule has 16 heavy (non-hydrogen) atoms. The lowest BCUT2D eigenvalue weighted by atomic mass is 9.74. The molecule has 1 unspecified atom stereocenters. The molecule has 3 rings (SSSR count). The van der Waals surface area contributed by atoms with Crippen LogP contribution in [0.1, 0.15) is 42.7 Å². The highest BCUT2D eigenvalue weighted by Gasteiger charge is 2.49. The van der Waals surface area contributed by atoms with Gasteiger partial charge in [0.1, 0.15) is 5.82 Å². The molecule has 2 nitrogen and oxygen atoms in total. The van der Waals surface area contributed by atoms with E-state index in [9.17, 15) is 9.18 Å². The second-order valence-electron chi connectivity index (χ2n) is 4.94. The second kappa shape index (κ2) is 3.06. The predicted molar refractivity (Wildman–Crippen MR) is 56.9 cm³/mol. The molecule has 0 aromatic heterocycles. The molecule has 0 aliphatic heterocycles. The molecule has 84 valence electrons. The van der Waals surface area contributed by atoms with Gasteiger partial charge in [-0.25, -0.2) is 4.39 Å². The molecule has 1 spiro atoms. The number of fused-ring (bicyclic) bond motifs is 2.